The number of hydrogen-bond acceptors (Lipinski definition) is 5. The molecule has 0 spiro atoms. The molecule has 0 amide bonds. The van der Waals surface area contributed by atoms with Crippen LogP contribution in [0, 0.1) is 0 Å². The van der Waals surface area contributed by atoms with Crippen molar-refractivity contribution >= 4 is 42.8 Å². The van der Waals surface area contributed by atoms with Crippen LogP contribution in [0.1, 0.15) is 0 Å². The summed E-state index contributed by atoms with van der Waals surface area (Å²) in [5, 5.41) is 1.06. The molecule has 0 saturated carbocycles. The molecule has 0 N–H and O–H groups in total. The molecule has 80 valence electrons. The molecule has 5 heteroatoms. The zero-order valence-corrected chi connectivity index (χ0v) is 9.48. The largest absolute Gasteiger partial charge is 0.264 e. The summed E-state index contributed by atoms with van der Waals surface area (Å²) in [6.45, 7) is 0. The zero-order chi connectivity index (χ0) is 11.2. The molecular formula is C12H6N4S. The Morgan fingerprint density at radius 2 is 1.76 bits per heavy atom. The lowest BCUT2D eigenvalue weighted by molar-refractivity contribution is 1.31. The van der Waals surface area contributed by atoms with Gasteiger partial charge in [0.15, 0.2) is 0 Å². The topological polar surface area (TPSA) is 51.6 Å². The van der Waals surface area contributed by atoms with Crippen LogP contribution >= 0.6 is 11.3 Å². The van der Waals surface area contributed by atoms with Gasteiger partial charge in [0.05, 0.1) is 11.7 Å². The Bertz CT molecular complexity index is 847. The highest BCUT2D eigenvalue weighted by Crippen LogP contribution is 2.31. The van der Waals surface area contributed by atoms with Gasteiger partial charge >= 0.3 is 0 Å². The van der Waals surface area contributed by atoms with Crippen molar-refractivity contribution in [2.75, 3.05) is 0 Å². The summed E-state index contributed by atoms with van der Waals surface area (Å²) >= 11 is 1.64. The molecule has 0 aliphatic heterocycles. The minimum Gasteiger partial charge on any atom is -0.264 e. The van der Waals surface area contributed by atoms with Gasteiger partial charge in [0.25, 0.3) is 0 Å². The van der Waals surface area contributed by atoms with E-state index >= 15 is 0 Å². The van der Waals surface area contributed by atoms with Gasteiger partial charge in [-0.3, -0.25) is 9.97 Å². The minimum absolute atomic E-state index is 0.823. The molecule has 0 radical (unpaired) electrons. The zero-order valence-electron chi connectivity index (χ0n) is 8.66. The van der Waals surface area contributed by atoms with Crippen molar-refractivity contribution in [3.63, 3.8) is 0 Å². The van der Waals surface area contributed by atoms with Crippen LogP contribution in [0.5, 0.6) is 0 Å². The fourth-order valence-corrected chi connectivity index (χ4v) is 2.88. The maximum atomic E-state index is 4.61. The van der Waals surface area contributed by atoms with Crippen molar-refractivity contribution in [3.05, 3.63) is 36.9 Å². The number of rotatable bonds is 0. The molecule has 0 aliphatic carbocycles. The minimum atomic E-state index is 0.823. The predicted octanol–water partition coefficient (Wildman–Crippen LogP) is 2.79. The van der Waals surface area contributed by atoms with Crippen LogP contribution in [-0.2, 0) is 0 Å². The highest BCUT2D eigenvalue weighted by molar-refractivity contribution is 7.25. The van der Waals surface area contributed by atoms with E-state index in [0.29, 0.717) is 0 Å². The van der Waals surface area contributed by atoms with E-state index in [2.05, 4.69) is 19.9 Å². The van der Waals surface area contributed by atoms with Crippen LogP contribution in [-0.4, -0.2) is 19.9 Å². The standard InChI is InChI=1S/C12H6N4S/c1-3-14-6-9-8(1)16-12-11(15-9)7-5-13-4-2-10(7)17-12/h1-6H. The first-order valence-electron chi connectivity index (χ1n) is 5.16. The molecule has 4 aromatic rings. The predicted molar refractivity (Wildman–Crippen MR) is 68.0 cm³/mol. The molecular weight excluding hydrogens is 232 g/mol. The normalized spacial score (nSPS) is 11.5. The van der Waals surface area contributed by atoms with E-state index in [1.807, 2.05) is 18.3 Å². The summed E-state index contributed by atoms with van der Waals surface area (Å²) < 4.78 is 1.17. The fraction of sp³-hybridized carbons (Fsp3) is 0. The van der Waals surface area contributed by atoms with Gasteiger partial charge in [-0.15, -0.1) is 11.3 Å². The number of pyridine rings is 2. The number of thiophene rings is 1. The summed E-state index contributed by atoms with van der Waals surface area (Å²) in [5.41, 5.74) is 2.62. The summed E-state index contributed by atoms with van der Waals surface area (Å²) in [6, 6.07) is 3.87. The summed E-state index contributed by atoms with van der Waals surface area (Å²) in [7, 11) is 0. The van der Waals surface area contributed by atoms with E-state index in [4.69, 9.17) is 0 Å². The van der Waals surface area contributed by atoms with Gasteiger partial charge in [0, 0.05) is 28.7 Å². The second-order valence-electron chi connectivity index (χ2n) is 3.72. The molecule has 0 bridgehead atoms. The molecule has 0 atom stereocenters. The van der Waals surface area contributed by atoms with Crippen molar-refractivity contribution in [1.82, 2.24) is 19.9 Å². The van der Waals surface area contributed by atoms with E-state index in [9.17, 15) is 0 Å². The summed E-state index contributed by atoms with van der Waals surface area (Å²) in [4.78, 5) is 18.4. The lowest BCUT2D eigenvalue weighted by atomic mass is 10.3. The molecule has 4 heterocycles. The van der Waals surface area contributed by atoms with Crippen LogP contribution in [0.3, 0.4) is 0 Å². The average Bonchev–Trinajstić information content (AvgIpc) is 2.73. The molecule has 17 heavy (non-hydrogen) atoms. The van der Waals surface area contributed by atoms with Crippen molar-refractivity contribution < 1.29 is 0 Å². The smallest absolute Gasteiger partial charge is 0.143 e. The van der Waals surface area contributed by atoms with Gasteiger partial charge in [-0.1, -0.05) is 0 Å². The summed E-state index contributed by atoms with van der Waals surface area (Å²) in [6.07, 6.45) is 7.10. The molecule has 4 aromatic heterocycles. The molecule has 0 aromatic carbocycles. The van der Waals surface area contributed by atoms with Crippen LogP contribution < -0.4 is 0 Å². The molecule has 0 saturated heterocycles. The Morgan fingerprint density at radius 3 is 2.76 bits per heavy atom. The number of aromatic nitrogens is 4. The lowest BCUT2D eigenvalue weighted by Crippen LogP contribution is -1.84. The fourth-order valence-electron chi connectivity index (χ4n) is 1.89. The van der Waals surface area contributed by atoms with Crippen LogP contribution in [0.4, 0.5) is 0 Å². The summed E-state index contributed by atoms with van der Waals surface area (Å²) in [5.74, 6) is 0. The highest BCUT2D eigenvalue weighted by Gasteiger charge is 2.08. The Labute approximate surface area is 100.0 Å². The molecule has 0 aliphatic rings. The van der Waals surface area contributed by atoms with E-state index in [0.717, 1.165) is 26.8 Å². The first kappa shape index (κ1) is 8.95. The lowest BCUT2D eigenvalue weighted by Gasteiger charge is -1.95. The van der Waals surface area contributed by atoms with Crippen LogP contribution in [0.2, 0.25) is 0 Å². The molecule has 0 fully saturated rings. The van der Waals surface area contributed by atoms with Gasteiger partial charge in [-0.05, 0) is 12.1 Å². The monoisotopic (exact) mass is 238 g/mol. The highest BCUT2D eigenvalue weighted by atomic mass is 32.1. The first-order chi connectivity index (χ1) is 8.42. The number of hydrogen-bond donors (Lipinski definition) is 0. The quantitative estimate of drug-likeness (QED) is 0.472. The van der Waals surface area contributed by atoms with Crippen molar-refractivity contribution in [2.45, 2.75) is 0 Å². The Kier molecular flexibility index (Phi) is 1.67. The van der Waals surface area contributed by atoms with Crippen LogP contribution in [0.15, 0.2) is 36.9 Å². The second kappa shape index (κ2) is 3.18. The SMILES string of the molecule is c1cc2nc3sc4ccncc4c3nc2cn1. The van der Waals surface area contributed by atoms with Crippen molar-refractivity contribution in [1.29, 1.82) is 0 Å². The molecule has 4 rings (SSSR count). The van der Waals surface area contributed by atoms with E-state index in [1.165, 1.54) is 4.70 Å². The molecule has 0 unspecified atom stereocenters. The van der Waals surface area contributed by atoms with E-state index in [1.54, 1.807) is 29.9 Å². The Balaban J connectivity index is 2.28. The number of nitrogens with zero attached hydrogens (tertiary/aromatic N) is 4. The van der Waals surface area contributed by atoms with Gasteiger partial charge in [-0.25, -0.2) is 9.97 Å². The maximum Gasteiger partial charge on any atom is 0.143 e. The third kappa shape index (κ3) is 1.23. The Morgan fingerprint density at radius 1 is 0.882 bits per heavy atom. The third-order valence-electron chi connectivity index (χ3n) is 2.68. The van der Waals surface area contributed by atoms with Gasteiger partial charge in [-0.2, -0.15) is 0 Å². The number of fused-ring (bicyclic) bond motifs is 4. The van der Waals surface area contributed by atoms with Gasteiger partial charge < -0.3 is 0 Å². The van der Waals surface area contributed by atoms with Gasteiger partial charge in [0.1, 0.15) is 15.9 Å². The van der Waals surface area contributed by atoms with E-state index in [-0.39, 0.29) is 0 Å². The maximum absolute atomic E-state index is 4.61. The second-order valence-corrected chi connectivity index (χ2v) is 4.75. The van der Waals surface area contributed by atoms with E-state index < -0.39 is 0 Å². The van der Waals surface area contributed by atoms with Gasteiger partial charge in [0.2, 0.25) is 0 Å². The average molecular weight is 238 g/mol. The van der Waals surface area contributed by atoms with Crippen molar-refractivity contribution in [3.8, 4) is 0 Å². The Hall–Kier alpha value is -2.14. The van der Waals surface area contributed by atoms with Crippen LogP contribution in [0.25, 0.3) is 31.5 Å². The third-order valence-corrected chi connectivity index (χ3v) is 3.73. The molecule has 4 nitrogen and oxygen atoms in total. The van der Waals surface area contributed by atoms with Crippen molar-refractivity contribution in [2.24, 2.45) is 0 Å². The first-order valence-corrected chi connectivity index (χ1v) is 5.97.